The van der Waals surface area contributed by atoms with Gasteiger partial charge in [0.05, 0.1) is 11.3 Å². The van der Waals surface area contributed by atoms with Crippen LogP contribution in [0.15, 0.2) is 5.03 Å². The monoisotopic (exact) mass is 312 g/mol. The van der Waals surface area contributed by atoms with Crippen LogP contribution in [0, 0.1) is 13.8 Å². The molecule has 2 amide bonds. The van der Waals surface area contributed by atoms with Crippen molar-refractivity contribution in [3.8, 4) is 0 Å². The zero-order valence-corrected chi connectivity index (χ0v) is 12.7. The molecular weight excluding hydrogens is 296 g/mol. The van der Waals surface area contributed by atoms with Gasteiger partial charge in [-0.05, 0) is 20.1 Å². The van der Waals surface area contributed by atoms with E-state index in [2.05, 4.69) is 9.97 Å². The van der Waals surface area contributed by atoms with Gasteiger partial charge < -0.3 is 15.7 Å². The molecule has 0 saturated carbocycles. The minimum atomic E-state index is -1.24. The number of thioether (sulfide) groups is 1. The SMILES string of the molecule is CSc1nc(C)nc(C)c1C(=O)N(CC(N)=O)CC(=O)O. The van der Waals surface area contributed by atoms with Crippen LogP contribution in [0.5, 0.6) is 0 Å². The van der Waals surface area contributed by atoms with Crippen molar-refractivity contribution in [2.45, 2.75) is 18.9 Å². The first-order valence-corrected chi connectivity index (χ1v) is 7.17. The summed E-state index contributed by atoms with van der Waals surface area (Å²) in [6, 6.07) is 0. The highest BCUT2D eigenvalue weighted by Gasteiger charge is 2.25. The lowest BCUT2D eigenvalue weighted by Gasteiger charge is -2.21. The highest BCUT2D eigenvalue weighted by Crippen LogP contribution is 2.22. The molecular formula is C12H16N4O4S. The molecule has 0 spiro atoms. The van der Waals surface area contributed by atoms with Crippen molar-refractivity contribution in [1.29, 1.82) is 0 Å². The van der Waals surface area contributed by atoms with Crippen LogP contribution in [0.4, 0.5) is 0 Å². The quantitative estimate of drug-likeness (QED) is 0.551. The van der Waals surface area contributed by atoms with Gasteiger partial charge in [-0.1, -0.05) is 0 Å². The summed E-state index contributed by atoms with van der Waals surface area (Å²) >= 11 is 1.25. The maximum absolute atomic E-state index is 12.5. The Morgan fingerprint density at radius 3 is 2.33 bits per heavy atom. The van der Waals surface area contributed by atoms with E-state index in [1.165, 1.54) is 11.8 Å². The van der Waals surface area contributed by atoms with Crippen molar-refractivity contribution in [2.75, 3.05) is 19.3 Å². The number of carboxylic acids is 1. The molecule has 0 saturated heterocycles. The lowest BCUT2D eigenvalue weighted by Crippen LogP contribution is -2.42. The number of nitrogens with zero attached hydrogens (tertiary/aromatic N) is 3. The number of carboxylic acid groups (broad SMARTS) is 1. The normalized spacial score (nSPS) is 10.2. The number of aryl methyl sites for hydroxylation is 2. The molecule has 1 rings (SSSR count). The molecule has 21 heavy (non-hydrogen) atoms. The number of amides is 2. The van der Waals surface area contributed by atoms with Gasteiger partial charge in [0.25, 0.3) is 5.91 Å². The van der Waals surface area contributed by atoms with Gasteiger partial charge in [0, 0.05) is 0 Å². The predicted molar refractivity (Wildman–Crippen MR) is 76.0 cm³/mol. The second-order valence-electron chi connectivity index (χ2n) is 4.26. The van der Waals surface area contributed by atoms with E-state index in [0.29, 0.717) is 16.5 Å². The molecule has 0 aliphatic carbocycles. The molecule has 0 fully saturated rings. The largest absolute Gasteiger partial charge is 0.480 e. The van der Waals surface area contributed by atoms with Gasteiger partial charge in [0.2, 0.25) is 5.91 Å². The van der Waals surface area contributed by atoms with Gasteiger partial charge in [0.1, 0.15) is 23.9 Å². The van der Waals surface area contributed by atoms with E-state index in [0.717, 1.165) is 4.90 Å². The van der Waals surface area contributed by atoms with Gasteiger partial charge in [-0.3, -0.25) is 14.4 Å². The van der Waals surface area contributed by atoms with Crippen molar-refractivity contribution in [3.05, 3.63) is 17.1 Å². The topological polar surface area (TPSA) is 126 Å². The number of aromatic nitrogens is 2. The number of aliphatic carboxylic acids is 1. The minimum Gasteiger partial charge on any atom is -0.480 e. The van der Waals surface area contributed by atoms with Crippen molar-refractivity contribution in [3.63, 3.8) is 0 Å². The van der Waals surface area contributed by atoms with Crippen LogP contribution >= 0.6 is 11.8 Å². The first-order chi connectivity index (χ1) is 9.76. The number of carbonyl (C=O) groups excluding carboxylic acids is 2. The van der Waals surface area contributed by atoms with Crippen LogP contribution in [0.2, 0.25) is 0 Å². The summed E-state index contributed by atoms with van der Waals surface area (Å²) in [6.45, 7) is 2.22. The van der Waals surface area contributed by atoms with E-state index < -0.39 is 30.9 Å². The third-order valence-electron chi connectivity index (χ3n) is 2.54. The number of rotatable bonds is 6. The molecule has 0 aliphatic rings. The van der Waals surface area contributed by atoms with Crippen LogP contribution in [0.1, 0.15) is 21.9 Å². The summed E-state index contributed by atoms with van der Waals surface area (Å²) in [7, 11) is 0. The number of hydrogen-bond acceptors (Lipinski definition) is 6. The van der Waals surface area contributed by atoms with E-state index in [-0.39, 0.29) is 5.56 Å². The molecule has 0 aliphatic heterocycles. The van der Waals surface area contributed by atoms with Crippen molar-refractivity contribution < 1.29 is 19.5 Å². The average Bonchev–Trinajstić information content (AvgIpc) is 2.35. The van der Waals surface area contributed by atoms with E-state index >= 15 is 0 Å². The Bertz CT molecular complexity index is 575. The third-order valence-corrected chi connectivity index (χ3v) is 3.22. The van der Waals surface area contributed by atoms with Gasteiger partial charge >= 0.3 is 5.97 Å². The molecule has 0 aromatic carbocycles. The third kappa shape index (κ3) is 4.42. The zero-order valence-electron chi connectivity index (χ0n) is 11.9. The smallest absolute Gasteiger partial charge is 0.323 e. The number of hydrogen-bond donors (Lipinski definition) is 2. The van der Waals surface area contributed by atoms with Crippen LogP contribution in [-0.4, -0.2) is 57.1 Å². The Morgan fingerprint density at radius 2 is 1.86 bits per heavy atom. The Morgan fingerprint density at radius 1 is 1.24 bits per heavy atom. The van der Waals surface area contributed by atoms with Gasteiger partial charge in [-0.15, -0.1) is 11.8 Å². The molecule has 3 N–H and O–H groups in total. The fourth-order valence-electron chi connectivity index (χ4n) is 1.78. The second-order valence-corrected chi connectivity index (χ2v) is 5.06. The Hall–Kier alpha value is -2.16. The molecule has 1 aromatic heterocycles. The lowest BCUT2D eigenvalue weighted by atomic mass is 10.2. The van der Waals surface area contributed by atoms with Crippen molar-refractivity contribution in [1.82, 2.24) is 14.9 Å². The standard InChI is InChI=1S/C12H16N4O4S/c1-6-10(11(21-3)15-7(2)14-6)12(20)16(4-8(13)17)5-9(18)19/h4-5H2,1-3H3,(H2,13,17)(H,18,19). The van der Waals surface area contributed by atoms with E-state index in [1.54, 1.807) is 20.1 Å². The summed E-state index contributed by atoms with van der Waals surface area (Å²) in [4.78, 5) is 43.5. The van der Waals surface area contributed by atoms with Crippen LogP contribution < -0.4 is 5.73 Å². The summed E-state index contributed by atoms with van der Waals surface area (Å²) in [6.07, 6.45) is 1.74. The molecule has 0 bridgehead atoms. The fourth-order valence-corrected chi connectivity index (χ4v) is 2.45. The van der Waals surface area contributed by atoms with Crippen molar-refractivity contribution >= 4 is 29.5 Å². The minimum absolute atomic E-state index is 0.190. The first kappa shape index (κ1) is 16.9. The van der Waals surface area contributed by atoms with E-state index in [1.807, 2.05) is 0 Å². The predicted octanol–water partition coefficient (Wildman–Crippen LogP) is -0.173. The second kappa shape index (κ2) is 7.02. The maximum atomic E-state index is 12.5. The van der Waals surface area contributed by atoms with E-state index in [9.17, 15) is 14.4 Å². The fraction of sp³-hybridized carbons (Fsp3) is 0.417. The van der Waals surface area contributed by atoms with Crippen molar-refractivity contribution in [2.24, 2.45) is 5.73 Å². The number of carbonyl (C=O) groups is 3. The highest BCUT2D eigenvalue weighted by molar-refractivity contribution is 7.98. The van der Waals surface area contributed by atoms with Gasteiger partial charge in [-0.25, -0.2) is 9.97 Å². The summed E-state index contributed by atoms with van der Waals surface area (Å²) in [5.41, 5.74) is 5.67. The summed E-state index contributed by atoms with van der Waals surface area (Å²) < 4.78 is 0. The molecule has 0 atom stereocenters. The Balaban J connectivity index is 3.25. The Labute approximate surface area is 125 Å². The summed E-state index contributed by atoms with van der Waals surface area (Å²) in [5, 5.41) is 9.29. The molecule has 8 nitrogen and oxygen atoms in total. The zero-order chi connectivity index (χ0) is 16.2. The Kier molecular flexibility index (Phi) is 5.65. The number of nitrogens with two attached hydrogens (primary N) is 1. The highest BCUT2D eigenvalue weighted by atomic mass is 32.2. The maximum Gasteiger partial charge on any atom is 0.323 e. The lowest BCUT2D eigenvalue weighted by molar-refractivity contribution is -0.138. The molecule has 0 radical (unpaired) electrons. The van der Waals surface area contributed by atoms with Crippen LogP contribution in [0.3, 0.4) is 0 Å². The molecule has 114 valence electrons. The molecule has 1 aromatic rings. The number of primary amides is 1. The molecule has 9 heteroatoms. The van der Waals surface area contributed by atoms with E-state index in [4.69, 9.17) is 10.8 Å². The molecule has 1 heterocycles. The van der Waals surface area contributed by atoms with Crippen LogP contribution in [-0.2, 0) is 9.59 Å². The van der Waals surface area contributed by atoms with Crippen LogP contribution in [0.25, 0.3) is 0 Å². The molecule has 0 unspecified atom stereocenters. The van der Waals surface area contributed by atoms with Gasteiger partial charge in [0.15, 0.2) is 0 Å². The first-order valence-electron chi connectivity index (χ1n) is 5.94. The summed E-state index contributed by atoms with van der Waals surface area (Å²) in [5.74, 6) is -2.15. The van der Waals surface area contributed by atoms with Gasteiger partial charge in [-0.2, -0.15) is 0 Å². The average molecular weight is 312 g/mol.